The molecule has 0 aliphatic heterocycles. The van der Waals surface area contributed by atoms with Crippen LogP contribution in [0.15, 0.2) is 18.2 Å². The van der Waals surface area contributed by atoms with Crippen molar-refractivity contribution in [1.29, 1.82) is 0 Å². The minimum absolute atomic E-state index is 0.0184. The summed E-state index contributed by atoms with van der Waals surface area (Å²) in [6.07, 6.45) is 0. The summed E-state index contributed by atoms with van der Waals surface area (Å²) in [5.41, 5.74) is 6.00. The Kier molecular flexibility index (Phi) is 4.34. The molecule has 5 heteroatoms. The van der Waals surface area contributed by atoms with Crippen molar-refractivity contribution >= 4 is 11.6 Å². The molecule has 1 amide bonds. The summed E-state index contributed by atoms with van der Waals surface area (Å²) in [5, 5.41) is 12.2. The molecule has 0 aromatic heterocycles. The van der Waals surface area contributed by atoms with E-state index in [4.69, 9.17) is 10.5 Å². The molecule has 0 aliphatic carbocycles. The third-order valence-corrected chi connectivity index (χ3v) is 2.48. The Balaban J connectivity index is 2.84. The van der Waals surface area contributed by atoms with Crippen LogP contribution in [0.1, 0.15) is 13.8 Å². The van der Waals surface area contributed by atoms with Gasteiger partial charge >= 0.3 is 0 Å². The average Bonchev–Trinajstić information content (AvgIpc) is 2.30. The monoisotopic (exact) mass is 238 g/mol. The molecular formula is C12H18N2O3. The molecule has 0 bridgehead atoms. The zero-order chi connectivity index (χ0) is 13.0. The molecule has 1 rings (SSSR count). The highest BCUT2D eigenvalue weighted by Crippen LogP contribution is 2.27. The van der Waals surface area contributed by atoms with Gasteiger partial charge in [-0.05, 0) is 18.1 Å². The average molecular weight is 238 g/mol. The SMILES string of the molecule is COc1ccc(O)c(NC(=O)C(N)C(C)C)c1. The summed E-state index contributed by atoms with van der Waals surface area (Å²) in [4.78, 5) is 11.7. The van der Waals surface area contributed by atoms with E-state index in [9.17, 15) is 9.90 Å². The number of phenolic OH excluding ortho intramolecular Hbond substituents is 1. The van der Waals surface area contributed by atoms with Gasteiger partial charge in [-0.1, -0.05) is 13.8 Å². The minimum Gasteiger partial charge on any atom is -0.506 e. The van der Waals surface area contributed by atoms with Crippen LogP contribution in [-0.4, -0.2) is 24.2 Å². The van der Waals surface area contributed by atoms with Gasteiger partial charge in [0, 0.05) is 6.07 Å². The molecule has 94 valence electrons. The molecule has 0 radical (unpaired) electrons. The highest BCUT2D eigenvalue weighted by molar-refractivity contribution is 5.96. The lowest BCUT2D eigenvalue weighted by molar-refractivity contribution is -0.118. The number of ether oxygens (including phenoxy) is 1. The van der Waals surface area contributed by atoms with Crippen LogP contribution >= 0.6 is 0 Å². The lowest BCUT2D eigenvalue weighted by Gasteiger charge is -2.16. The van der Waals surface area contributed by atoms with E-state index in [0.717, 1.165) is 0 Å². The van der Waals surface area contributed by atoms with E-state index in [2.05, 4.69) is 5.32 Å². The quantitative estimate of drug-likeness (QED) is 0.691. The summed E-state index contributed by atoms with van der Waals surface area (Å²) in [5.74, 6) is 0.234. The zero-order valence-corrected chi connectivity index (χ0v) is 10.2. The first-order chi connectivity index (χ1) is 7.95. The second kappa shape index (κ2) is 5.54. The maximum Gasteiger partial charge on any atom is 0.241 e. The highest BCUT2D eigenvalue weighted by Gasteiger charge is 2.18. The van der Waals surface area contributed by atoms with Crippen LogP contribution in [0.5, 0.6) is 11.5 Å². The van der Waals surface area contributed by atoms with Crippen molar-refractivity contribution in [1.82, 2.24) is 0 Å². The molecule has 1 aromatic rings. The fourth-order valence-corrected chi connectivity index (χ4v) is 1.26. The molecule has 0 fully saturated rings. The normalized spacial score (nSPS) is 12.3. The number of phenols is 1. The first-order valence-corrected chi connectivity index (χ1v) is 5.39. The van der Waals surface area contributed by atoms with Gasteiger partial charge in [-0.3, -0.25) is 4.79 Å². The second-order valence-electron chi connectivity index (χ2n) is 4.14. The first-order valence-electron chi connectivity index (χ1n) is 5.39. The summed E-state index contributed by atoms with van der Waals surface area (Å²) in [6.45, 7) is 3.71. The molecule has 4 N–H and O–H groups in total. The lowest BCUT2D eigenvalue weighted by Crippen LogP contribution is -2.39. The zero-order valence-electron chi connectivity index (χ0n) is 10.2. The Bertz CT molecular complexity index is 405. The van der Waals surface area contributed by atoms with Gasteiger partial charge in [-0.15, -0.1) is 0 Å². The van der Waals surface area contributed by atoms with Crippen LogP contribution < -0.4 is 15.8 Å². The molecule has 0 saturated heterocycles. The number of anilines is 1. The van der Waals surface area contributed by atoms with E-state index in [1.165, 1.54) is 13.2 Å². The molecule has 1 unspecified atom stereocenters. The third kappa shape index (κ3) is 3.35. The predicted octanol–water partition coefficient (Wildman–Crippen LogP) is 1.32. The van der Waals surface area contributed by atoms with Crippen LogP contribution in [0.3, 0.4) is 0 Å². The largest absolute Gasteiger partial charge is 0.506 e. The van der Waals surface area contributed by atoms with Crippen molar-refractivity contribution in [2.24, 2.45) is 11.7 Å². The molecule has 0 saturated carbocycles. The van der Waals surface area contributed by atoms with Gasteiger partial charge in [0.05, 0.1) is 18.8 Å². The maximum atomic E-state index is 11.7. The van der Waals surface area contributed by atoms with Crippen LogP contribution in [0.25, 0.3) is 0 Å². The van der Waals surface area contributed by atoms with Crippen molar-refractivity contribution < 1.29 is 14.6 Å². The molecule has 17 heavy (non-hydrogen) atoms. The van der Waals surface area contributed by atoms with E-state index in [1.807, 2.05) is 13.8 Å². The highest BCUT2D eigenvalue weighted by atomic mass is 16.5. The van der Waals surface area contributed by atoms with E-state index >= 15 is 0 Å². The number of amides is 1. The van der Waals surface area contributed by atoms with Crippen LogP contribution in [0.4, 0.5) is 5.69 Å². The number of hydrogen-bond acceptors (Lipinski definition) is 4. The van der Waals surface area contributed by atoms with E-state index in [0.29, 0.717) is 11.4 Å². The fourth-order valence-electron chi connectivity index (χ4n) is 1.26. The Labute approximate surface area is 101 Å². The van der Waals surface area contributed by atoms with E-state index in [1.54, 1.807) is 12.1 Å². The van der Waals surface area contributed by atoms with Crippen LogP contribution in [0, 0.1) is 5.92 Å². The van der Waals surface area contributed by atoms with Gasteiger partial charge < -0.3 is 20.9 Å². The van der Waals surface area contributed by atoms with E-state index < -0.39 is 6.04 Å². The summed E-state index contributed by atoms with van der Waals surface area (Å²) < 4.78 is 5.01. The van der Waals surface area contributed by atoms with Gasteiger partial charge in [-0.25, -0.2) is 0 Å². The molecule has 1 aromatic carbocycles. The molecular weight excluding hydrogens is 220 g/mol. The van der Waals surface area contributed by atoms with Crippen molar-refractivity contribution in [3.63, 3.8) is 0 Å². The molecule has 1 atom stereocenters. The lowest BCUT2D eigenvalue weighted by atomic mass is 10.0. The Morgan fingerprint density at radius 3 is 2.65 bits per heavy atom. The predicted molar refractivity (Wildman–Crippen MR) is 66.1 cm³/mol. The van der Waals surface area contributed by atoms with Crippen molar-refractivity contribution in [3.8, 4) is 11.5 Å². The number of nitrogens with one attached hydrogen (secondary N) is 1. The van der Waals surface area contributed by atoms with Gasteiger partial charge in [-0.2, -0.15) is 0 Å². The van der Waals surface area contributed by atoms with Gasteiger partial charge in [0.2, 0.25) is 5.91 Å². The van der Waals surface area contributed by atoms with E-state index in [-0.39, 0.29) is 17.6 Å². The number of hydrogen-bond donors (Lipinski definition) is 3. The Morgan fingerprint density at radius 2 is 2.12 bits per heavy atom. The Morgan fingerprint density at radius 1 is 1.47 bits per heavy atom. The van der Waals surface area contributed by atoms with Gasteiger partial charge in [0.25, 0.3) is 0 Å². The standard InChI is InChI=1S/C12H18N2O3/c1-7(2)11(13)12(16)14-9-6-8(17-3)4-5-10(9)15/h4-7,11,15H,13H2,1-3H3,(H,14,16). The Hall–Kier alpha value is -1.75. The number of methoxy groups -OCH3 is 1. The number of benzene rings is 1. The van der Waals surface area contributed by atoms with Crippen LogP contribution in [-0.2, 0) is 4.79 Å². The first kappa shape index (κ1) is 13.3. The molecule has 0 heterocycles. The van der Waals surface area contributed by atoms with Crippen molar-refractivity contribution in [2.45, 2.75) is 19.9 Å². The van der Waals surface area contributed by atoms with Crippen molar-refractivity contribution in [2.75, 3.05) is 12.4 Å². The van der Waals surface area contributed by atoms with Gasteiger partial charge in [0.1, 0.15) is 11.5 Å². The summed E-state index contributed by atoms with van der Waals surface area (Å²) in [6, 6.07) is 3.99. The van der Waals surface area contributed by atoms with Gasteiger partial charge in [0.15, 0.2) is 0 Å². The number of rotatable bonds is 4. The second-order valence-corrected chi connectivity index (χ2v) is 4.14. The fraction of sp³-hybridized carbons (Fsp3) is 0.417. The smallest absolute Gasteiger partial charge is 0.241 e. The number of nitrogens with two attached hydrogens (primary N) is 1. The summed E-state index contributed by atoms with van der Waals surface area (Å²) >= 11 is 0. The number of carbonyl (C=O) groups excluding carboxylic acids is 1. The third-order valence-electron chi connectivity index (χ3n) is 2.48. The number of carbonyl (C=O) groups is 1. The van der Waals surface area contributed by atoms with Crippen molar-refractivity contribution in [3.05, 3.63) is 18.2 Å². The number of aromatic hydroxyl groups is 1. The molecule has 0 aliphatic rings. The summed E-state index contributed by atoms with van der Waals surface area (Å²) in [7, 11) is 1.51. The molecule has 5 nitrogen and oxygen atoms in total. The van der Waals surface area contributed by atoms with Crippen LogP contribution in [0.2, 0.25) is 0 Å². The minimum atomic E-state index is -0.611. The molecule has 0 spiro atoms. The topological polar surface area (TPSA) is 84.6 Å². The maximum absolute atomic E-state index is 11.7.